The van der Waals surface area contributed by atoms with E-state index >= 15 is 0 Å². The van der Waals surface area contributed by atoms with Crippen molar-refractivity contribution < 1.29 is 18.7 Å². The molecule has 32 heavy (non-hydrogen) atoms. The van der Waals surface area contributed by atoms with Gasteiger partial charge in [0.1, 0.15) is 17.3 Å². The molecule has 4 rings (SSSR count). The van der Waals surface area contributed by atoms with Gasteiger partial charge in [0.15, 0.2) is 0 Å². The molecule has 1 aliphatic rings. The molecule has 2 aromatic carbocycles. The first-order valence-electron chi connectivity index (χ1n) is 10.4. The molecule has 1 N–H and O–H groups in total. The Morgan fingerprint density at radius 1 is 1.03 bits per heavy atom. The lowest BCUT2D eigenvalue weighted by Crippen LogP contribution is -2.41. The minimum absolute atomic E-state index is 0.0621. The van der Waals surface area contributed by atoms with E-state index in [0.29, 0.717) is 29.7 Å². The maximum Gasteiger partial charge on any atom is 0.229 e. The Hall–Kier alpha value is -3.68. The average Bonchev–Trinajstić information content (AvgIpc) is 2.84. The Bertz CT molecular complexity index is 1050. The summed E-state index contributed by atoms with van der Waals surface area (Å²) in [5.41, 5.74) is 2.29. The number of ether oxygens (including phenoxy) is 2. The van der Waals surface area contributed by atoms with E-state index < -0.39 is 0 Å². The van der Waals surface area contributed by atoms with Gasteiger partial charge in [-0.1, -0.05) is 12.1 Å². The summed E-state index contributed by atoms with van der Waals surface area (Å²) in [6.45, 7) is 1.31. The molecule has 1 aromatic heterocycles. The summed E-state index contributed by atoms with van der Waals surface area (Å²) in [4.78, 5) is 23.9. The van der Waals surface area contributed by atoms with Gasteiger partial charge in [-0.25, -0.2) is 14.4 Å². The molecule has 166 valence electrons. The molecule has 1 aliphatic heterocycles. The zero-order valence-corrected chi connectivity index (χ0v) is 18.0. The van der Waals surface area contributed by atoms with Crippen LogP contribution in [0.15, 0.2) is 54.9 Å². The van der Waals surface area contributed by atoms with Gasteiger partial charge in [0, 0.05) is 54.9 Å². The number of methoxy groups -OCH3 is 2. The maximum atomic E-state index is 13.1. The second-order valence-corrected chi connectivity index (χ2v) is 7.65. The van der Waals surface area contributed by atoms with Gasteiger partial charge in [-0.15, -0.1) is 0 Å². The van der Waals surface area contributed by atoms with Crippen LogP contribution in [0.25, 0.3) is 11.1 Å². The SMILES string of the molecule is COc1cc(NC(=O)C2CCCN(c3ncc(-c4ccc(F)cc4)cn3)C2)cc(OC)c1. The first-order valence-corrected chi connectivity index (χ1v) is 10.4. The summed E-state index contributed by atoms with van der Waals surface area (Å²) < 4.78 is 23.7. The maximum absolute atomic E-state index is 13.1. The Kier molecular flexibility index (Phi) is 6.49. The minimum Gasteiger partial charge on any atom is -0.497 e. The summed E-state index contributed by atoms with van der Waals surface area (Å²) in [5, 5.41) is 2.97. The molecule has 1 unspecified atom stereocenters. The van der Waals surface area contributed by atoms with E-state index in [2.05, 4.69) is 15.3 Å². The standard InChI is InChI=1S/C24H25FN4O3/c1-31-21-10-20(11-22(12-21)32-2)28-23(30)17-4-3-9-29(15-17)24-26-13-18(14-27-24)16-5-7-19(25)8-6-16/h5-8,10-14,17H,3-4,9,15H2,1-2H3,(H,28,30). The summed E-state index contributed by atoms with van der Waals surface area (Å²) in [6, 6.07) is 11.5. The number of amides is 1. The van der Waals surface area contributed by atoms with Crippen molar-refractivity contribution in [3.8, 4) is 22.6 Å². The fraction of sp³-hybridized carbons (Fsp3) is 0.292. The Balaban J connectivity index is 1.43. The lowest BCUT2D eigenvalue weighted by molar-refractivity contribution is -0.120. The zero-order chi connectivity index (χ0) is 22.5. The molecule has 0 spiro atoms. The lowest BCUT2D eigenvalue weighted by atomic mass is 9.97. The van der Waals surface area contributed by atoms with Gasteiger partial charge in [-0.3, -0.25) is 4.79 Å². The predicted molar refractivity (Wildman–Crippen MR) is 121 cm³/mol. The topological polar surface area (TPSA) is 76.6 Å². The smallest absolute Gasteiger partial charge is 0.229 e. The van der Waals surface area contributed by atoms with Gasteiger partial charge in [-0.2, -0.15) is 0 Å². The molecule has 1 saturated heterocycles. The number of anilines is 2. The molecule has 3 aromatic rings. The number of hydrogen-bond donors (Lipinski definition) is 1. The summed E-state index contributed by atoms with van der Waals surface area (Å²) in [5.74, 6) is 1.26. The van der Waals surface area contributed by atoms with Crippen LogP contribution in [0.3, 0.4) is 0 Å². The Morgan fingerprint density at radius 2 is 1.69 bits per heavy atom. The first kappa shape index (κ1) is 21.5. The van der Waals surface area contributed by atoms with Gasteiger partial charge in [0.25, 0.3) is 0 Å². The zero-order valence-electron chi connectivity index (χ0n) is 18.0. The van der Waals surface area contributed by atoms with Crippen LogP contribution in [-0.4, -0.2) is 43.2 Å². The number of aromatic nitrogens is 2. The van der Waals surface area contributed by atoms with Crippen LogP contribution in [0, 0.1) is 11.7 Å². The highest BCUT2D eigenvalue weighted by Crippen LogP contribution is 2.28. The highest BCUT2D eigenvalue weighted by molar-refractivity contribution is 5.93. The van der Waals surface area contributed by atoms with E-state index in [0.717, 1.165) is 30.5 Å². The molecule has 0 aliphatic carbocycles. The van der Waals surface area contributed by atoms with Crippen molar-refractivity contribution in [2.45, 2.75) is 12.8 Å². The van der Waals surface area contributed by atoms with Crippen molar-refractivity contribution in [1.29, 1.82) is 0 Å². The molecule has 7 nitrogen and oxygen atoms in total. The molecule has 0 saturated carbocycles. The number of hydrogen-bond acceptors (Lipinski definition) is 6. The Morgan fingerprint density at radius 3 is 2.31 bits per heavy atom. The summed E-state index contributed by atoms with van der Waals surface area (Å²) >= 11 is 0. The molecule has 0 bridgehead atoms. The van der Waals surface area contributed by atoms with Crippen molar-refractivity contribution in [2.75, 3.05) is 37.5 Å². The van der Waals surface area contributed by atoms with Crippen molar-refractivity contribution in [3.63, 3.8) is 0 Å². The Labute approximate surface area is 186 Å². The van der Waals surface area contributed by atoms with Gasteiger partial charge < -0.3 is 19.7 Å². The third kappa shape index (κ3) is 4.96. The van der Waals surface area contributed by atoms with Crippen LogP contribution in [-0.2, 0) is 4.79 Å². The molecule has 8 heteroatoms. The number of rotatable bonds is 6. The summed E-state index contributed by atoms with van der Waals surface area (Å²) in [6.07, 6.45) is 5.10. The van der Waals surface area contributed by atoms with Crippen molar-refractivity contribution in [2.24, 2.45) is 5.92 Å². The second-order valence-electron chi connectivity index (χ2n) is 7.65. The minimum atomic E-state index is -0.281. The van der Waals surface area contributed by atoms with Crippen molar-refractivity contribution >= 4 is 17.5 Å². The molecule has 0 radical (unpaired) electrons. The fourth-order valence-electron chi connectivity index (χ4n) is 3.77. The van der Waals surface area contributed by atoms with E-state index in [1.165, 1.54) is 12.1 Å². The van der Waals surface area contributed by atoms with Crippen LogP contribution in [0.5, 0.6) is 11.5 Å². The normalized spacial score (nSPS) is 15.8. The van der Waals surface area contributed by atoms with Gasteiger partial charge in [0.2, 0.25) is 11.9 Å². The fourth-order valence-corrected chi connectivity index (χ4v) is 3.77. The van der Waals surface area contributed by atoms with Gasteiger partial charge in [-0.05, 0) is 30.5 Å². The molecule has 1 atom stereocenters. The van der Waals surface area contributed by atoms with E-state index in [1.807, 2.05) is 4.90 Å². The van der Waals surface area contributed by atoms with Crippen LogP contribution < -0.4 is 19.7 Å². The van der Waals surface area contributed by atoms with Crippen molar-refractivity contribution in [3.05, 3.63) is 60.7 Å². The first-order chi connectivity index (χ1) is 15.6. The molecule has 1 amide bonds. The number of carbonyl (C=O) groups excluding carboxylic acids is 1. The average molecular weight is 436 g/mol. The van der Waals surface area contributed by atoms with Crippen LogP contribution in [0.2, 0.25) is 0 Å². The second kappa shape index (κ2) is 9.64. The van der Waals surface area contributed by atoms with E-state index in [4.69, 9.17) is 9.47 Å². The molecule has 2 heterocycles. The van der Waals surface area contributed by atoms with Crippen LogP contribution >= 0.6 is 0 Å². The van der Waals surface area contributed by atoms with Gasteiger partial charge in [0.05, 0.1) is 20.1 Å². The van der Waals surface area contributed by atoms with Gasteiger partial charge >= 0.3 is 0 Å². The molecular formula is C24H25FN4O3. The third-order valence-corrected chi connectivity index (χ3v) is 5.51. The van der Waals surface area contributed by atoms with Crippen LogP contribution in [0.4, 0.5) is 16.0 Å². The predicted octanol–water partition coefficient (Wildman–Crippen LogP) is 4.16. The largest absolute Gasteiger partial charge is 0.497 e. The quantitative estimate of drug-likeness (QED) is 0.626. The van der Waals surface area contributed by atoms with E-state index in [9.17, 15) is 9.18 Å². The van der Waals surface area contributed by atoms with Crippen LogP contribution in [0.1, 0.15) is 12.8 Å². The summed E-state index contributed by atoms with van der Waals surface area (Å²) in [7, 11) is 3.14. The lowest BCUT2D eigenvalue weighted by Gasteiger charge is -2.32. The monoisotopic (exact) mass is 436 g/mol. The highest BCUT2D eigenvalue weighted by atomic mass is 19.1. The number of nitrogens with one attached hydrogen (secondary N) is 1. The number of nitrogens with zero attached hydrogens (tertiary/aromatic N) is 3. The number of benzene rings is 2. The highest BCUT2D eigenvalue weighted by Gasteiger charge is 2.27. The third-order valence-electron chi connectivity index (χ3n) is 5.51. The number of piperidine rings is 1. The van der Waals surface area contributed by atoms with E-state index in [-0.39, 0.29) is 17.6 Å². The van der Waals surface area contributed by atoms with Crippen molar-refractivity contribution in [1.82, 2.24) is 9.97 Å². The number of halogens is 1. The number of carbonyl (C=O) groups is 1. The molecule has 1 fully saturated rings. The van der Waals surface area contributed by atoms with E-state index in [1.54, 1.807) is 56.9 Å². The molecular weight excluding hydrogens is 411 g/mol.